The zero-order valence-electron chi connectivity index (χ0n) is 19.6. The Morgan fingerprint density at radius 1 is 1.19 bits per heavy atom. The second-order valence-electron chi connectivity index (χ2n) is 8.01. The van der Waals surface area contributed by atoms with E-state index < -0.39 is 11.6 Å². The Bertz CT molecular complexity index is 684. The van der Waals surface area contributed by atoms with Crippen molar-refractivity contribution in [2.75, 3.05) is 58.1 Å². The number of esters is 1. The zero-order chi connectivity index (χ0) is 23.8. The van der Waals surface area contributed by atoms with Gasteiger partial charge in [0.15, 0.2) is 0 Å². The topological polar surface area (TPSA) is 110 Å². The maximum atomic E-state index is 11.6. The van der Waals surface area contributed by atoms with E-state index >= 15 is 0 Å². The zero-order valence-corrected chi connectivity index (χ0v) is 20.4. The number of methoxy groups -OCH3 is 1. The minimum atomic E-state index is -0.481. The fraction of sp³-hybridized carbons (Fsp3) is 0.682. The van der Waals surface area contributed by atoms with E-state index in [1.807, 2.05) is 31.7 Å². The number of aliphatic hydroxyl groups excluding tert-OH is 1. The smallest absolute Gasteiger partial charge is 0.407 e. The Labute approximate surface area is 195 Å². The van der Waals surface area contributed by atoms with Gasteiger partial charge in [0.25, 0.3) is 0 Å². The molecule has 0 aromatic carbocycles. The van der Waals surface area contributed by atoms with Gasteiger partial charge in [-0.3, -0.25) is 4.90 Å². The number of nitrogens with one attached hydrogen (secondary N) is 1. The fourth-order valence-electron chi connectivity index (χ4n) is 2.63. The van der Waals surface area contributed by atoms with Gasteiger partial charge in [0.05, 0.1) is 26.0 Å². The Hall–Kier alpha value is -1.88. The molecule has 2 N–H and O–H groups in total. The van der Waals surface area contributed by atoms with Gasteiger partial charge in [-0.05, 0) is 45.1 Å². The molecule has 0 fully saturated rings. The summed E-state index contributed by atoms with van der Waals surface area (Å²) in [5, 5.41) is 12.1. The van der Waals surface area contributed by atoms with E-state index in [0.717, 1.165) is 23.6 Å². The minimum Gasteiger partial charge on any atom is -0.464 e. The van der Waals surface area contributed by atoms with Gasteiger partial charge < -0.3 is 24.6 Å². The van der Waals surface area contributed by atoms with E-state index in [2.05, 4.69) is 10.3 Å². The lowest BCUT2D eigenvalue weighted by molar-refractivity contribution is 0.0530. The molecule has 1 heterocycles. The molecule has 32 heavy (non-hydrogen) atoms. The number of hydrogen-bond donors (Lipinski definition) is 2. The maximum Gasteiger partial charge on any atom is 0.407 e. The molecule has 1 rings (SSSR count). The molecule has 0 unspecified atom stereocenters. The van der Waals surface area contributed by atoms with Crippen molar-refractivity contribution in [3.8, 4) is 0 Å². The molecule has 10 heteroatoms. The fourth-order valence-corrected chi connectivity index (χ4v) is 3.40. The number of nitrogens with zero attached hydrogens (tertiary/aromatic N) is 2. The summed E-state index contributed by atoms with van der Waals surface area (Å²) < 4.78 is 15.6. The average molecular weight is 472 g/mol. The van der Waals surface area contributed by atoms with E-state index in [-0.39, 0.29) is 18.4 Å². The minimum absolute atomic E-state index is 0.0324. The van der Waals surface area contributed by atoms with Crippen LogP contribution in [0.1, 0.15) is 43.4 Å². The predicted molar refractivity (Wildman–Crippen MR) is 125 cm³/mol. The number of pyridine rings is 1. The number of rotatable bonds is 15. The Morgan fingerprint density at radius 3 is 2.66 bits per heavy atom. The van der Waals surface area contributed by atoms with Crippen LogP contribution in [0.5, 0.6) is 0 Å². The monoisotopic (exact) mass is 471 g/mol. The van der Waals surface area contributed by atoms with Gasteiger partial charge in [0.1, 0.15) is 11.3 Å². The molecule has 0 aliphatic rings. The Morgan fingerprint density at radius 2 is 1.97 bits per heavy atom. The summed E-state index contributed by atoms with van der Waals surface area (Å²) in [4.78, 5) is 29.5. The highest BCUT2D eigenvalue weighted by Crippen LogP contribution is 2.07. The molecular formula is C22H37N3O6S. The van der Waals surface area contributed by atoms with Crippen molar-refractivity contribution in [3.05, 3.63) is 29.6 Å². The summed E-state index contributed by atoms with van der Waals surface area (Å²) in [6, 6.07) is 5.22. The average Bonchev–Trinajstić information content (AvgIpc) is 2.73. The van der Waals surface area contributed by atoms with Crippen molar-refractivity contribution in [2.45, 2.75) is 39.3 Å². The predicted octanol–water partition coefficient (Wildman–Crippen LogP) is 2.33. The molecule has 182 valence electrons. The Balaban J connectivity index is 2.16. The second-order valence-corrected chi connectivity index (χ2v) is 9.24. The molecule has 0 saturated heterocycles. The maximum absolute atomic E-state index is 11.6. The lowest BCUT2D eigenvalue weighted by Gasteiger charge is -2.21. The van der Waals surface area contributed by atoms with Crippen molar-refractivity contribution >= 4 is 23.8 Å². The highest BCUT2D eigenvalue weighted by atomic mass is 32.2. The largest absolute Gasteiger partial charge is 0.464 e. The van der Waals surface area contributed by atoms with Crippen LogP contribution in [0.25, 0.3) is 0 Å². The van der Waals surface area contributed by atoms with Gasteiger partial charge in [-0.15, -0.1) is 0 Å². The molecule has 0 saturated carbocycles. The van der Waals surface area contributed by atoms with Gasteiger partial charge in [-0.1, -0.05) is 6.07 Å². The molecule has 0 radical (unpaired) electrons. The molecule has 0 aliphatic heterocycles. The van der Waals surface area contributed by atoms with Gasteiger partial charge in [-0.25, -0.2) is 14.6 Å². The molecule has 1 aromatic rings. The van der Waals surface area contributed by atoms with Crippen molar-refractivity contribution in [2.24, 2.45) is 0 Å². The first-order valence-corrected chi connectivity index (χ1v) is 11.9. The third-order valence-corrected chi connectivity index (χ3v) is 5.12. The number of thioether (sulfide) groups is 1. The highest BCUT2D eigenvalue weighted by molar-refractivity contribution is 7.99. The van der Waals surface area contributed by atoms with Crippen LogP contribution in [0, 0.1) is 0 Å². The lowest BCUT2D eigenvalue weighted by atomic mass is 10.2. The third kappa shape index (κ3) is 13.5. The van der Waals surface area contributed by atoms with Crippen LogP contribution in [0.3, 0.4) is 0 Å². The van der Waals surface area contributed by atoms with E-state index in [1.165, 1.54) is 7.11 Å². The molecule has 0 bridgehead atoms. The molecule has 0 aliphatic carbocycles. The number of carbonyl (C=O) groups excluding carboxylic acids is 2. The number of aromatic nitrogens is 1. The summed E-state index contributed by atoms with van der Waals surface area (Å²) in [6.07, 6.45) is 0.529. The van der Waals surface area contributed by atoms with Crippen LogP contribution < -0.4 is 5.32 Å². The van der Waals surface area contributed by atoms with Crippen molar-refractivity contribution in [1.29, 1.82) is 0 Å². The number of ether oxygens (including phenoxy) is 3. The van der Waals surface area contributed by atoms with Crippen LogP contribution in [0.15, 0.2) is 18.2 Å². The van der Waals surface area contributed by atoms with Crippen molar-refractivity contribution in [1.82, 2.24) is 15.2 Å². The normalized spacial score (nSPS) is 11.4. The van der Waals surface area contributed by atoms with Crippen LogP contribution in [-0.4, -0.2) is 90.7 Å². The Kier molecular flexibility index (Phi) is 13.9. The van der Waals surface area contributed by atoms with E-state index in [0.29, 0.717) is 39.4 Å². The molecule has 1 amide bonds. The standard InChI is InChI=1S/C22H37N3O6S/c1-22(2,3)31-21(28)23-9-16-32-15-6-13-30-14-11-25(10-12-26)17-18-7-5-8-19(24-18)20(27)29-4/h5,7-8,26H,6,9-17H2,1-4H3,(H,23,28). The van der Waals surface area contributed by atoms with Crippen LogP contribution in [0.4, 0.5) is 4.79 Å². The van der Waals surface area contributed by atoms with Gasteiger partial charge >= 0.3 is 12.1 Å². The first kappa shape index (κ1) is 28.2. The second kappa shape index (κ2) is 15.8. The van der Waals surface area contributed by atoms with Gasteiger partial charge in [0.2, 0.25) is 0 Å². The quantitative estimate of drug-likeness (QED) is 0.294. The summed E-state index contributed by atoms with van der Waals surface area (Å²) >= 11 is 1.75. The highest BCUT2D eigenvalue weighted by Gasteiger charge is 2.15. The third-order valence-electron chi connectivity index (χ3n) is 4.05. The number of carbonyl (C=O) groups is 2. The number of amides is 1. The molecule has 9 nitrogen and oxygen atoms in total. The van der Waals surface area contributed by atoms with E-state index in [1.54, 1.807) is 23.9 Å². The van der Waals surface area contributed by atoms with Gasteiger partial charge in [0, 0.05) is 38.5 Å². The first-order valence-electron chi connectivity index (χ1n) is 10.7. The number of hydrogen-bond acceptors (Lipinski definition) is 9. The van der Waals surface area contributed by atoms with Crippen LogP contribution >= 0.6 is 11.8 Å². The number of alkyl carbamates (subject to hydrolysis) is 1. The van der Waals surface area contributed by atoms with Gasteiger partial charge in [-0.2, -0.15) is 11.8 Å². The summed E-state index contributed by atoms with van der Waals surface area (Å²) in [7, 11) is 1.32. The molecule has 0 spiro atoms. The summed E-state index contributed by atoms with van der Waals surface area (Å²) in [5.74, 6) is 1.30. The summed E-state index contributed by atoms with van der Waals surface area (Å²) in [5.41, 5.74) is 0.520. The summed E-state index contributed by atoms with van der Waals surface area (Å²) in [6.45, 7) is 8.96. The first-order chi connectivity index (χ1) is 15.2. The van der Waals surface area contributed by atoms with E-state index in [9.17, 15) is 14.7 Å². The lowest BCUT2D eigenvalue weighted by Crippen LogP contribution is -2.33. The van der Waals surface area contributed by atoms with E-state index in [4.69, 9.17) is 14.2 Å². The van der Waals surface area contributed by atoms with Crippen LogP contribution in [0.2, 0.25) is 0 Å². The van der Waals surface area contributed by atoms with Crippen molar-refractivity contribution in [3.63, 3.8) is 0 Å². The SMILES string of the molecule is COC(=O)c1cccc(CN(CCO)CCOCCCSCCNC(=O)OC(C)(C)C)n1. The van der Waals surface area contributed by atoms with Crippen LogP contribution in [-0.2, 0) is 20.8 Å². The number of aliphatic hydroxyl groups is 1. The van der Waals surface area contributed by atoms with Crippen molar-refractivity contribution < 1.29 is 28.9 Å². The molecule has 0 atom stereocenters. The molecule has 1 aromatic heterocycles. The molecular weight excluding hydrogens is 434 g/mol.